The molecule has 4 heteroatoms. The molecular formula is C13H20N2OS. The maximum atomic E-state index is 11.4. The van der Waals surface area contributed by atoms with Gasteiger partial charge in [-0.25, -0.2) is 0 Å². The van der Waals surface area contributed by atoms with E-state index in [-0.39, 0.29) is 0 Å². The molecule has 1 unspecified atom stereocenters. The zero-order valence-corrected chi connectivity index (χ0v) is 10.9. The molecule has 1 heterocycles. The summed E-state index contributed by atoms with van der Waals surface area (Å²) in [6, 6.07) is 10.9. The number of nitrogens with zero attached hydrogens (tertiary/aromatic N) is 1. The number of hydrogen-bond acceptors (Lipinski definition) is 3. The molecule has 1 aliphatic heterocycles. The fourth-order valence-corrected chi connectivity index (χ4v) is 3.44. The number of hydrogen-bond donors (Lipinski definition) is 1. The molecule has 2 N–H and O–H groups in total. The van der Waals surface area contributed by atoms with Crippen LogP contribution in [0, 0.1) is 0 Å². The smallest absolute Gasteiger partial charge is 0.0363 e. The Hall–Kier alpha value is -0.710. The second-order valence-corrected chi connectivity index (χ2v) is 6.08. The molecule has 94 valence electrons. The highest BCUT2D eigenvalue weighted by molar-refractivity contribution is 7.85. The number of nitrogens with two attached hydrogens (primary N) is 1. The van der Waals surface area contributed by atoms with Gasteiger partial charge in [-0.05, 0) is 18.5 Å². The highest BCUT2D eigenvalue weighted by atomic mass is 32.2. The van der Waals surface area contributed by atoms with Crippen LogP contribution < -0.4 is 5.73 Å². The SMILES string of the molecule is NCCC(c1ccccc1)N1CCS(=O)CC1. The molecule has 0 spiro atoms. The lowest BCUT2D eigenvalue weighted by atomic mass is 10.0. The first-order valence-corrected chi connectivity index (χ1v) is 7.64. The van der Waals surface area contributed by atoms with Crippen molar-refractivity contribution in [3.63, 3.8) is 0 Å². The van der Waals surface area contributed by atoms with E-state index in [1.807, 2.05) is 6.07 Å². The van der Waals surface area contributed by atoms with Gasteiger partial charge in [0.1, 0.15) is 0 Å². The largest absolute Gasteiger partial charge is 0.330 e. The zero-order valence-electron chi connectivity index (χ0n) is 10.0. The van der Waals surface area contributed by atoms with E-state index in [0.717, 1.165) is 31.0 Å². The Balaban J connectivity index is 2.09. The lowest BCUT2D eigenvalue weighted by Crippen LogP contribution is -2.40. The maximum absolute atomic E-state index is 11.4. The van der Waals surface area contributed by atoms with Crippen LogP contribution in [0.5, 0.6) is 0 Å². The van der Waals surface area contributed by atoms with Crippen molar-refractivity contribution in [1.29, 1.82) is 0 Å². The van der Waals surface area contributed by atoms with Crippen LogP contribution in [-0.2, 0) is 10.8 Å². The summed E-state index contributed by atoms with van der Waals surface area (Å²) in [5.74, 6) is 1.60. The molecule has 0 aliphatic carbocycles. The van der Waals surface area contributed by atoms with Gasteiger partial charge in [-0.1, -0.05) is 30.3 Å². The van der Waals surface area contributed by atoms with Gasteiger partial charge in [0, 0.05) is 41.4 Å². The summed E-state index contributed by atoms with van der Waals surface area (Å²) in [6.45, 7) is 2.54. The first-order valence-electron chi connectivity index (χ1n) is 6.15. The van der Waals surface area contributed by atoms with Crippen molar-refractivity contribution < 1.29 is 4.21 Å². The molecule has 0 saturated carbocycles. The van der Waals surface area contributed by atoms with Gasteiger partial charge in [0.05, 0.1) is 0 Å². The minimum atomic E-state index is -0.611. The van der Waals surface area contributed by atoms with E-state index in [1.54, 1.807) is 0 Å². The molecule has 3 nitrogen and oxygen atoms in total. The standard InChI is InChI=1S/C13H20N2OS/c14-7-6-13(12-4-2-1-3-5-12)15-8-10-17(16)11-9-15/h1-5,13H,6-11,14H2. The summed E-state index contributed by atoms with van der Waals surface area (Å²) in [5, 5.41) is 0. The van der Waals surface area contributed by atoms with Gasteiger partial charge >= 0.3 is 0 Å². The summed E-state index contributed by atoms with van der Waals surface area (Å²) < 4.78 is 11.4. The molecule has 1 aliphatic rings. The highest BCUT2D eigenvalue weighted by Crippen LogP contribution is 2.24. The van der Waals surface area contributed by atoms with E-state index in [9.17, 15) is 4.21 Å². The monoisotopic (exact) mass is 252 g/mol. The summed E-state index contributed by atoms with van der Waals surface area (Å²) in [7, 11) is -0.611. The predicted molar refractivity (Wildman–Crippen MR) is 72.3 cm³/mol. The first kappa shape index (κ1) is 12.7. The average Bonchev–Trinajstić information content (AvgIpc) is 2.38. The van der Waals surface area contributed by atoms with Crippen LogP contribution in [0.1, 0.15) is 18.0 Å². The zero-order chi connectivity index (χ0) is 12.1. The van der Waals surface area contributed by atoms with Crippen LogP contribution in [0.4, 0.5) is 0 Å². The van der Waals surface area contributed by atoms with E-state index >= 15 is 0 Å². The molecule has 0 radical (unpaired) electrons. The summed E-state index contributed by atoms with van der Waals surface area (Å²) in [6.07, 6.45) is 0.969. The Morgan fingerprint density at radius 2 is 1.88 bits per heavy atom. The summed E-state index contributed by atoms with van der Waals surface area (Å²) >= 11 is 0. The van der Waals surface area contributed by atoms with Gasteiger partial charge in [-0.3, -0.25) is 9.11 Å². The van der Waals surface area contributed by atoms with E-state index in [0.29, 0.717) is 12.6 Å². The Morgan fingerprint density at radius 3 is 2.47 bits per heavy atom. The van der Waals surface area contributed by atoms with Crippen LogP contribution in [-0.4, -0.2) is 40.2 Å². The van der Waals surface area contributed by atoms with E-state index in [2.05, 4.69) is 29.2 Å². The first-order chi connectivity index (χ1) is 8.31. The van der Waals surface area contributed by atoms with Crippen molar-refractivity contribution in [2.24, 2.45) is 5.73 Å². The third-order valence-corrected chi connectivity index (χ3v) is 4.55. The van der Waals surface area contributed by atoms with Gasteiger partial charge in [-0.2, -0.15) is 0 Å². The highest BCUT2D eigenvalue weighted by Gasteiger charge is 2.23. The Kier molecular flexibility index (Phi) is 4.71. The van der Waals surface area contributed by atoms with Crippen molar-refractivity contribution in [2.45, 2.75) is 12.5 Å². The molecule has 0 aromatic heterocycles. The van der Waals surface area contributed by atoms with Crippen LogP contribution >= 0.6 is 0 Å². The normalized spacial score (nSPS) is 20.3. The number of benzene rings is 1. The molecule has 17 heavy (non-hydrogen) atoms. The minimum absolute atomic E-state index is 0.387. The van der Waals surface area contributed by atoms with Crippen molar-refractivity contribution in [3.8, 4) is 0 Å². The van der Waals surface area contributed by atoms with Crippen molar-refractivity contribution in [1.82, 2.24) is 4.90 Å². The molecule has 2 rings (SSSR count). The fourth-order valence-electron chi connectivity index (χ4n) is 2.36. The second kappa shape index (κ2) is 6.28. The van der Waals surface area contributed by atoms with Crippen LogP contribution in [0.15, 0.2) is 30.3 Å². The topological polar surface area (TPSA) is 46.3 Å². The van der Waals surface area contributed by atoms with Crippen LogP contribution in [0.25, 0.3) is 0 Å². The predicted octanol–water partition coefficient (Wildman–Crippen LogP) is 1.14. The summed E-state index contributed by atoms with van der Waals surface area (Å²) in [5.41, 5.74) is 7.04. The minimum Gasteiger partial charge on any atom is -0.330 e. The lowest BCUT2D eigenvalue weighted by Gasteiger charge is -2.34. The molecular weight excluding hydrogens is 232 g/mol. The molecule has 1 saturated heterocycles. The lowest BCUT2D eigenvalue weighted by molar-refractivity contribution is 0.207. The number of rotatable bonds is 4. The average molecular weight is 252 g/mol. The quantitative estimate of drug-likeness (QED) is 0.874. The second-order valence-electron chi connectivity index (χ2n) is 4.39. The Bertz CT molecular complexity index is 359. The maximum Gasteiger partial charge on any atom is 0.0363 e. The van der Waals surface area contributed by atoms with Gasteiger partial charge in [0.25, 0.3) is 0 Å². The summed E-state index contributed by atoms with van der Waals surface area (Å²) in [4.78, 5) is 2.42. The molecule has 1 aromatic carbocycles. The third-order valence-electron chi connectivity index (χ3n) is 3.28. The van der Waals surface area contributed by atoms with Crippen LogP contribution in [0.3, 0.4) is 0 Å². The van der Waals surface area contributed by atoms with Gasteiger partial charge in [0.15, 0.2) is 0 Å². The molecule has 1 atom stereocenters. The Morgan fingerprint density at radius 1 is 1.24 bits per heavy atom. The van der Waals surface area contributed by atoms with E-state index < -0.39 is 10.8 Å². The van der Waals surface area contributed by atoms with Crippen molar-refractivity contribution in [2.75, 3.05) is 31.1 Å². The van der Waals surface area contributed by atoms with Crippen molar-refractivity contribution in [3.05, 3.63) is 35.9 Å². The Labute approximate surface area is 105 Å². The van der Waals surface area contributed by atoms with E-state index in [4.69, 9.17) is 5.73 Å². The molecule has 0 amide bonds. The fraction of sp³-hybridized carbons (Fsp3) is 0.538. The molecule has 0 bridgehead atoms. The van der Waals surface area contributed by atoms with Gasteiger partial charge in [-0.15, -0.1) is 0 Å². The van der Waals surface area contributed by atoms with Gasteiger partial charge in [0.2, 0.25) is 0 Å². The molecule has 1 aromatic rings. The van der Waals surface area contributed by atoms with Gasteiger partial charge < -0.3 is 5.73 Å². The van der Waals surface area contributed by atoms with E-state index in [1.165, 1.54) is 5.56 Å². The van der Waals surface area contributed by atoms with Crippen LogP contribution in [0.2, 0.25) is 0 Å². The molecule has 1 fully saturated rings. The van der Waals surface area contributed by atoms with Crippen molar-refractivity contribution >= 4 is 10.8 Å². The third kappa shape index (κ3) is 3.37.